The molecule has 1 heteroatoms. The monoisotopic (exact) mass is 194 g/mol. The van der Waals surface area contributed by atoms with E-state index >= 15 is 0 Å². The highest BCUT2D eigenvalue weighted by Gasteiger charge is 2.42. The third kappa shape index (κ3) is 1.63. The van der Waals surface area contributed by atoms with Gasteiger partial charge in [0.2, 0.25) is 0 Å². The average Bonchev–Trinajstić information content (AvgIpc) is 2.62. The summed E-state index contributed by atoms with van der Waals surface area (Å²) in [7, 11) is 0. The Morgan fingerprint density at radius 2 is 2.29 bits per heavy atom. The zero-order valence-electron chi connectivity index (χ0n) is 9.26. The standard InChI is InChI=1S/C13H22O/c1-2-11-9-6-10-13(11,14)12-7-4-3-5-8-12/h7,11,14H,2-6,8-10H2,1H3. The highest BCUT2D eigenvalue weighted by molar-refractivity contribution is 5.22. The first-order valence-electron chi connectivity index (χ1n) is 6.19. The smallest absolute Gasteiger partial charge is 0.0884 e. The summed E-state index contributed by atoms with van der Waals surface area (Å²) in [6.07, 6.45) is 11.8. The van der Waals surface area contributed by atoms with Gasteiger partial charge in [0, 0.05) is 0 Å². The van der Waals surface area contributed by atoms with Crippen LogP contribution in [0.2, 0.25) is 0 Å². The van der Waals surface area contributed by atoms with E-state index in [1.165, 1.54) is 37.7 Å². The minimum Gasteiger partial charge on any atom is -0.385 e. The van der Waals surface area contributed by atoms with Crippen LogP contribution < -0.4 is 0 Å². The van der Waals surface area contributed by atoms with Crippen LogP contribution in [-0.2, 0) is 0 Å². The number of aliphatic hydroxyl groups is 1. The molecule has 2 unspecified atom stereocenters. The van der Waals surface area contributed by atoms with E-state index in [1.807, 2.05) is 0 Å². The van der Waals surface area contributed by atoms with Crippen molar-refractivity contribution in [1.82, 2.24) is 0 Å². The van der Waals surface area contributed by atoms with Gasteiger partial charge in [0.1, 0.15) is 0 Å². The molecule has 0 aliphatic heterocycles. The molecule has 1 N–H and O–H groups in total. The Morgan fingerprint density at radius 1 is 1.43 bits per heavy atom. The van der Waals surface area contributed by atoms with Crippen molar-refractivity contribution in [2.45, 2.75) is 63.9 Å². The van der Waals surface area contributed by atoms with Gasteiger partial charge in [-0.25, -0.2) is 0 Å². The van der Waals surface area contributed by atoms with Crippen molar-refractivity contribution in [1.29, 1.82) is 0 Å². The molecule has 80 valence electrons. The second kappa shape index (κ2) is 4.06. The Morgan fingerprint density at radius 3 is 2.93 bits per heavy atom. The third-order valence-electron chi connectivity index (χ3n) is 4.13. The summed E-state index contributed by atoms with van der Waals surface area (Å²) in [4.78, 5) is 0. The molecule has 0 amide bonds. The van der Waals surface area contributed by atoms with Crippen molar-refractivity contribution in [3.05, 3.63) is 11.6 Å². The first-order chi connectivity index (χ1) is 6.77. The molecular weight excluding hydrogens is 172 g/mol. The largest absolute Gasteiger partial charge is 0.385 e. The minimum absolute atomic E-state index is 0.408. The normalized spacial score (nSPS) is 38.4. The van der Waals surface area contributed by atoms with Crippen LogP contribution >= 0.6 is 0 Å². The Hall–Kier alpha value is -0.300. The number of rotatable bonds is 2. The van der Waals surface area contributed by atoms with Gasteiger partial charge in [-0.05, 0) is 56.4 Å². The molecule has 0 spiro atoms. The van der Waals surface area contributed by atoms with E-state index in [0.717, 1.165) is 19.3 Å². The Balaban J connectivity index is 2.16. The molecule has 2 aliphatic carbocycles. The van der Waals surface area contributed by atoms with Gasteiger partial charge in [-0.1, -0.05) is 19.4 Å². The number of hydrogen-bond acceptors (Lipinski definition) is 1. The molecule has 0 radical (unpaired) electrons. The van der Waals surface area contributed by atoms with Gasteiger partial charge in [0.25, 0.3) is 0 Å². The predicted molar refractivity (Wildman–Crippen MR) is 59.1 cm³/mol. The van der Waals surface area contributed by atoms with E-state index in [9.17, 15) is 5.11 Å². The molecule has 1 fully saturated rings. The van der Waals surface area contributed by atoms with E-state index < -0.39 is 5.60 Å². The van der Waals surface area contributed by atoms with E-state index in [4.69, 9.17) is 0 Å². The third-order valence-corrected chi connectivity index (χ3v) is 4.13. The zero-order valence-corrected chi connectivity index (χ0v) is 9.26. The topological polar surface area (TPSA) is 20.2 Å². The molecule has 0 aromatic rings. The fourth-order valence-electron chi connectivity index (χ4n) is 3.26. The highest BCUT2D eigenvalue weighted by atomic mass is 16.3. The maximum absolute atomic E-state index is 10.7. The molecule has 0 aromatic heterocycles. The first kappa shape index (κ1) is 10.2. The molecule has 0 bridgehead atoms. The lowest BCUT2D eigenvalue weighted by atomic mass is 9.78. The van der Waals surface area contributed by atoms with Crippen molar-refractivity contribution in [3.8, 4) is 0 Å². The Kier molecular flexibility index (Phi) is 2.96. The summed E-state index contributed by atoms with van der Waals surface area (Å²) in [5, 5.41) is 10.7. The lowest BCUT2D eigenvalue weighted by Crippen LogP contribution is -2.35. The van der Waals surface area contributed by atoms with Crippen LogP contribution in [0.25, 0.3) is 0 Å². The maximum atomic E-state index is 10.7. The zero-order chi connectivity index (χ0) is 10.0. The van der Waals surface area contributed by atoms with Gasteiger partial charge in [-0.15, -0.1) is 0 Å². The van der Waals surface area contributed by atoms with Crippen LogP contribution in [0.15, 0.2) is 11.6 Å². The van der Waals surface area contributed by atoms with Crippen molar-refractivity contribution < 1.29 is 5.11 Å². The second-order valence-electron chi connectivity index (χ2n) is 4.90. The molecule has 14 heavy (non-hydrogen) atoms. The van der Waals surface area contributed by atoms with Crippen molar-refractivity contribution in [2.75, 3.05) is 0 Å². The molecule has 0 saturated heterocycles. The predicted octanol–water partition coefficient (Wildman–Crippen LogP) is 3.43. The van der Waals surface area contributed by atoms with Gasteiger partial charge in [0.15, 0.2) is 0 Å². The molecule has 0 aromatic carbocycles. The molecule has 2 atom stereocenters. The van der Waals surface area contributed by atoms with Crippen molar-refractivity contribution in [2.24, 2.45) is 5.92 Å². The van der Waals surface area contributed by atoms with Gasteiger partial charge in [0.05, 0.1) is 5.60 Å². The molecule has 1 saturated carbocycles. The van der Waals surface area contributed by atoms with Crippen LogP contribution in [0.4, 0.5) is 0 Å². The van der Waals surface area contributed by atoms with Crippen LogP contribution in [-0.4, -0.2) is 10.7 Å². The van der Waals surface area contributed by atoms with Gasteiger partial charge in [-0.3, -0.25) is 0 Å². The van der Waals surface area contributed by atoms with Gasteiger partial charge >= 0.3 is 0 Å². The van der Waals surface area contributed by atoms with Crippen molar-refractivity contribution >= 4 is 0 Å². The van der Waals surface area contributed by atoms with Crippen LogP contribution in [0.1, 0.15) is 58.3 Å². The van der Waals surface area contributed by atoms with E-state index in [0.29, 0.717) is 5.92 Å². The van der Waals surface area contributed by atoms with Crippen molar-refractivity contribution in [3.63, 3.8) is 0 Å². The summed E-state index contributed by atoms with van der Waals surface area (Å²) in [5.41, 5.74) is 0.961. The second-order valence-corrected chi connectivity index (χ2v) is 4.90. The van der Waals surface area contributed by atoms with Gasteiger partial charge < -0.3 is 5.11 Å². The van der Waals surface area contributed by atoms with E-state index in [-0.39, 0.29) is 0 Å². The fraction of sp³-hybridized carbons (Fsp3) is 0.846. The molecule has 0 heterocycles. The van der Waals surface area contributed by atoms with Gasteiger partial charge in [-0.2, -0.15) is 0 Å². The highest BCUT2D eigenvalue weighted by Crippen LogP contribution is 2.45. The summed E-state index contributed by atoms with van der Waals surface area (Å²) < 4.78 is 0. The lowest BCUT2D eigenvalue weighted by Gasteiger charge is -2.34. The summed E-state index contributed by atoms with van der Waals surface area (Å²) in [6, 6.07) is 0. The number of allylic oxidation sites excluding steroid dienone is 1. The summed E-state index contributed by atoms with van der Waals surface area (Å²) in [5.74, 6) is 0.534. The number of hydrogen-bond donors (Lipinski definition) is 1. The van der Waals surface area contributed by atoms with Crippen LogP contribution in [0, 0.1) is 5.92 Å². The quantitative estimate of drug-likeness (QED) is 0.668. The molecule has 2 aliphatic rings. The Bertz CT molecular complexity index is 231. The summed E-state index contributed by atoms with van der Waals surface area (Å²) >= 11 is 0. The fourth-order valence-corrected chi connectivity index (χ4v) is 3.26. The molecule has 2 rings (SSSR count). The van der Waals surface area contributed by atoms with Crippen LogP contribution in [0.3, 0.4) is 0 Å². The van der Waals surface area contributed by atoms with E-state index in [1.54, 1.807) is 0 Å². The molecular formula is C13H22O. The average molecular weight is 194 g/mol. The Labute approximate surface area is 87.2 Å². The maximum Gasteiger partial charge on any atom is 0.0884 e. The molecule has 1 nitrogen and oxygen atoms in total. The van der Waals surface area contributed by atoms with Crippen LogP contribution in [0.5, 0.6) is 0 Å². The first-order valence-corrected chi connectivity index (χ1v) is 6.19. The SMILES string of the molecule is CCC1CCCC1(O)C1=CCCCC1. The minimum atomic E-state index is -0.408. The lowest BCUT2D eigenvalue weighted by molar-refractivity contribution is 0.0326. The van der Waals surface area contributed by atoms with E-state index in [2.05, 4.69) is 13.0 Å². The summed E-state index contributed by atoms with van der Waals surface area (Å²) in [6.45, 7) is 2.21.